The molecule has 1 aliphatic carbocycles. The summed E-state index contributed by atoms with van der Waals surface area (Å²) in [7, 11) is 0. The standard InChI is InChI=1S/C15H23N/c1-12-11-16-10-7-14(12)13-5-4-8-15(2,3)9-6-13/h4-6,8-9,12,14,16H,7,10-11H2,1-3H3. The van der Waals surface area contributed by atoms with Crippen molar-refractivity contribution < 1.29 is 0 Å². The molecular weight excluding hydrogens is 194 g/mol. The van der Waals surface area contributed by atoms with Crippen LogP contribution in [-0.4, -0.2) is 13.1 Å². The first-order valence-corrected chi connectivity index (χ1v) is 6.38. The summed E-state index contributed by atoms with van der Waals surface area (Å²) in [6, 6.07) is 0. The molecule has 1 N–H and O–H groups in total. The maximum atomic E-state index is 3.47. The van der Waals surface area contributed by atoms with E-state index in [9.17, 15) is 0 Å². The van der Waals surface area contributed by atoms with E-state index in [4.69, 9.17) is 0 Å². The lowest BCUT2D eigenvalue weighted by Crippen LogP contribution is -2.35. The number of allylic oxidation sites excluding steroid dienone is 6. The predicted octanol–water partition coefficient (Wildman–Crippen LogP) is 3.31. The van der Waals surface area contributed by atoms with Gasteiger partial charge in [0.2, 0.25) is 0 Å². The minimum atomic E-state index is 0.203. The van der Waals surface area contributed by atoms with Gasteiger partial charge in [0.25, 0.3) is 0 Å². The summed E-state index contributed by atoms with van der Waals surface area (Å²) in [6.07, 6.45) is 12.7. The SMILES string of the molecule is CC1CNCCC1C1=CC=CC(C)(C)C=C1. The lowest BCUT2D eigenvalue weighted by Gasteiger charge is -2.30. The fourth-order valence-electron chi connectivity index (χ4n) is 2.59. The van der Waals surface area contributed by atoms with Crippen molar-refractivity contribution >= 4 is 0 Å². The zero-order valence-corrected chi connectivity index (χ0v) is 10.7. The first kappa shape index (κ1) is 11.7. The molecule has 0 aromatic heterocycles. The molecule has 1 fully saturated rings. The molecule has 0 amide bonds. The minimum absolute atomic E-state index is 0.203. The van der Waals surface area contributed by atoms with Gasteiger partial charge in [-0.15, -0.1) is 0 Å². The van der Waals surface area contributed by atoms with E-state index in [1.807, 2.05) is 0 Å². The number of piperidine rings is 1. The van der Waals surface area contributed by atoms with E-state index in [1.54, 1.807) is 0 Å². The Morgan fingerprint density at radius 2 is 2.12 bits per heavy atom. The Morgan fingerprint density at radius 1 is 1.31 bits per heavy atom. The van der Waals surface area contributed by atoms with Gasteiger partial charge in [-0.25, -0.2) is 0 Å². The van der Waals surface area contributed by atoms with Crippen LogP contribution >= 0.6 is 0 Å². The van der Waals surface area contributed by atoms with E-state index >= 15 is 0 Å². The lowest BCUT2D eigenvalue weighted by molar-refractivity contribution is 0.316. The summed E-state index contributed by atoms with van der Waals surface area (Å²) < 4.78 is 0. The van der Waals surface area contributed by atoms with Crippen LogP contribution < -0.4 is 5.32 Å². The van der Waals surface area contributed by atoms with Crippen LogP contribution in [0, 0.1) is 17.3 Å². The van der Waals surface area contributed by atoms with Crippen LogP contribution in [-0.2, 0) is 0 Å². The van der Waals surface area contributed by atoms with Crippen molar-refractivity contribution in [2.45, 2.75) is 27.2 Å². The molecule has 1 aliphatic heterocycles. The van der Waals surface area contributed by atoms with Gasteiger partial charge in [0, 0.05) is 5.41 Å². The minimum Gasteiger partial charge on any atom is -0.316 e. The Kier molecular flexibility index (Phi) is 3.34. The highest BCUT2D eigenvalue weighted by Gasteiger charge is 2.24. The fraction of sp³-hybridized carbons (Fsp3) is 0.600. The van der Waals surface area contributed by atoms with Crippen LogP contribution in [0.25, 0.3) is 0 Å². The predicted molar refractivity (Wildman–Crippen MR) is 70.3 cm³/mol. The molecule has 88 valence electrons. The van der Waals surface area contributed by atoms with E-state index in [0.717, 1.165) is 24.9 Å². The zero-order chi connectivity index (χ0) is 11.6. The first-order chi connectivity index (χ1) is 7.58. The van der Waals surface area contributed by atoms with Crippen LogP contribution in [0.1, 0.15) is 27.2 Å². The lowest BCUT2D eigenvalue weighted by atomic mass is 9.81. The molecule has 0 saturated carbocycles. The van der Waals surface area contributed by atoms with Crippen LogP contribution in [0.2, 0.25) is 0 Å². The summed E-state index contributed by atoms with van der Waals surface area (Å²) in [6.45, 7) is 9.17. The van der Waals surface area contributed by atoms with Crippen molar-refractivity contribution in [1.29, 1.82) is 0 Å². The van der Waals surface area contributed by atoms with Gasteiger partial charge in [-0.3, -0.25) is 0 Å². The summed E-state index contributed by atoms with van der Waals surface area (Å²) in [5.74, 6) is 1.48. The van der Waals surface area contributed by atoms with Crippen LogP contribution in [0.4, 0.5) is 0 Å². The van der Waals surface area contributed by atoms with E-state index in [-0.39, 0.29) is 5.41 Å². The second-order valence-corrected chi connectivity index (χ2v) is 5.76. The largest absolute Gasteiger partial charge is 0.316 e. The Labute approximate surface area is 99.3 Å². The molecule has 16 heavy (non-hydrogen) atoms. The van der Waals surface area contributed by atoms with Crippen molar-refractivity contribution in [3.05, 3.63) is 36.0 Å². The van der Waals surface area contributed by atoms with Crippen LogP contribution in [0.15, 0.2) is 36.0 Å². The van der Waals surface area contributed by atoms with Gasteiger partial charge in [0.15, 0.2) is 0 Å². The van der Waals surface area contributed by atoms with Gasteiger partial charge in [-0.2, -0.15) is 0 Å². The van der Waals surface area contributed by atoms with E-state index < -0.39 is 0 Å². The Hall–Kier alpha value is -0.820. The molecule has 2 atom stereocenters. The third-order valence-electron chi connectivity index (χ3n) is 3.73. The second kappa shape index (κ2) is 4.58. The molecule has 1 heterocycles. The molecule has 0 bridgehead atoms. The molecule has 0 aromatic carbocycles. The third-order valence-corrected chi connectivity index (χ3v) is 3.73. The molecule has 1 heteroatoms. The molecule has 2 aliphatic rings. The van der Waals surface area contributed by atoms with Crippen molar-refractivity contribution in [3.8, 4) is 0 Å². The highest BCUT2D eigenvalue weighted by Crippen LogP contribution is 2.31. The van der Waals surface area contributed by atoms with Gasteiger partial charge in [0.1, 0.15) is 0 Å². The van der Waals surface area contributed by atoms with Crippen molar-refractivity contribution in [1.82, 2.24) is 5.32 Å². The van der Waals surface area contributed by atoms with Gasteiger partial charge < -0.3 is 5.32 Å². The van der Waals surface area contributed by atoms with Crippen molar-refractivity contribution in [2.24, 2.45) is 17.3 Å². The maximum absolute atomic E-state index is 3.47. The van der Waals surface area contributed by atoms with Crippen LogP contribution in [0.3, 0.4) is 0 Å². The smallest absolute Gasteiger partial charge is 0.00107 e. The van der Waals surface area contributed by atoms with Gasteiger partial charge in [-0.05, 0) is 36.9 Å². The van der Waals surface area contributed by atoms with Gasteiger partial charge in [-0.1, -0.05) is 51.2 Å². The third kappa shape index (κ3) is 2.65. The Morgan fingerprint density at radius 3 is 2.88 bits per heavy atom. The summed E-state index contributed by atoms with van der Waals surface area (Å²) in [4.78, 5) is 0. The molecule has 0 aromatic rings. The van der Waals surface area contributed by atoms with E-state index in [2.05, 4.69) is 56.5 Å². The van der Waals surface area contributed by atoms with Gasteiger partial charge in [0.05, 0.1) is 0 Å². The average molecular weight is 217 g/mol. The van der Waals surface area contributed by atoms with E-state index in [1.165, 1.54) is 12.0 Å². The number of rotatable bonds is 1. The topological polar surface area (TPSA) is 12.0 Å². The summed E-state index contributed by atoms with van der Waals surface area (Å²) in [5, 5.41) is 3.47. The van der Waals surface area contributed by atoms with E-state index in [0.29, 0.717) is 0 Å². The molecule has 0 radical (unpaired) electrons. The average Bonchev–Trinajstić information content (AvgIpc) is 2.40. The molecular formula is C15H23N. The zero-order valence-electron chi connectivity index (χ0n) is 10.7. The summed E-state index contributed by atoms with van der Waals surface area (Å²) in [5.41, 5.74) is 1.71. The first-order valence-electron chi connectivity index (χ1n) is 6.38. The highest BCUT2D eigenvalue weighted by molar-refractivity contribution is 5.33. The highest BCUT2D eigenvalue weighted by atomic mass is 14.9. The molecule has 2 unspecified atom stereocenters. The fourth-order valence-corrected chi connectivity index (χ4v) is 2.59. The Balaban J connectivity index is 2.15. The molecule has 2 rings (SSSR count). The quantitative estimate of drug-likeness (QED) is 0.710. The van der Waals surface area contributed by atoms with Gasteiger partial charge >= 0.3 is 0 Å². The normalized spacial score (nSPS) is 33.3. The molecule has 1 saturated heterocycles. The molecule has 0 spiro atoms. The Bertz CT molecular complexity index is 333. The maximum Gasteiger partial charge on any atom is 0.00107 e. The summed E-state index contributed by atoms with van der Waals surface area (Å²) >= 11 is 0. The van der Waals surface area contributed by atoms with Crippen molar-refractivity contribution in [2.75, 3.05) is 13.1 Å². The molecule has 1 nitrogen and oxygen atoms in total. The number of hydrogen-bond acceptors (Lipinski definition) is 1. The second-order valence-electron chi connectivity index (χ2n) is 5.76. The number of hydrogen-bond donors (Lipinski definition) is 1. The monoisotopic (exact) mass is 217 g/mol. The number of nitrogens with one attached hydrogen (secondary N) is 1. The van der Waals surface area contributed by atoms with Crippen molar-refractivity contribution in [3.63, 3.8) is 0 Å². The van der Waals surface area contributed by atoms with Crippen LogP contribution in [0.5, 0.6) is 0 Å².